The fourth-order valence-electron chi connectivity index (χ4n) is 4.74. The summed E-state index contributed by atoms with van der Waals surface area (Å²) in [6.45, 7) is 2.20. The lowest BCUT2D eigenvalue weighted by Crippen LogP contribution is -2.30. The number of halogens is 2. The van der Waals surface area contributed by atoms with Crippen LogP contribution in [0.2, 0.25) is 0 Å². The highest BCUT2D eigenvalue weighted by Crippen LogP contribution is 2.33. The van der Waals surface area contributed by atoms with Gasteiger partial charge in [-0.15, -0.1) is 11.3 Å². The van der Waals surface area contributed by atoms with E-state index in [2.05, 4.69) is 46.5 Å². The van der Waals surface area contributed by atoms with Crippen molar-refractivity contribution in [3.8, 4) is 17.1 Å². The van der Waals surface area contributed by atoms with Crippen molar-refractivity contribution in [3.05, 3.63) is 117 Å². The van der Waals surface area contributed by atoms with Crippen molar-refractivity contribution in [1.82, 2.24) is 30.2 Å². The molecule has 47 heavy (non-hydrogen) atoms. The van der Waals surface area contributed by atoms with E-state index in [0.717, 1.165) is 26.1 Å². The van der Waals surface area contributed by atoms with E-state index in [1.165, 1.54) is 29.8 Å². The quantitative estimate of drug-likeness (QED) is 0.134. The molecule has 4 heterocycles. The number of rotatable bonds is 11. The van der Waals surface area contributed by atoms with Crippen LogP contribution < -0.4 is 15.4 Å². The lowest BCUT2D eigenvalue weighted by atomic mass is 10.2. The Balaban J connectivity index is 1.19. The fraction of sp³-hybridized carbons (Fsp3) is 0.152. The predicted octanol–water partition coefficient (Wildman–Crippen LogP) is 7.06. The number of nitrogens with zero attached hydrogens (tertiary/aromatic N) is 5. The Hall–Kier alpha value is -4.63. The summed E-state index contributed by atoms with van der Waals surface area (Å²) in [5, 5.41) is 9.89. The molecule has 0 amide bonds. The number of thiazole rings is 1. The van der Waals surface area contributed by atoms with Crippen molar-refractivity contribution < 1.29 is 17.5 Å². The number of hydrogen-bond acceptors (Lipinski definition) is 10. The maximum absolute atomic E-state index is 13.5. The third-order valence-corrected chi connectivity index (χ3v) is 9.34. The van der Waals surface area contributed by atoms with Crippen LogP contribution in [0.5, 0.6) is 5.75 Å². The van der Waals surface area contributed by atoms with E-state index in [-0.39, 0.29) is 29.9 Å². The molecule has 0 fully saturated rings. The van der Waals surface area contributed by atoms with Gasteiger partial charge in [-0.25, -0.2) is 19.3 Å². The molecule has 2 N–H and O–H groups in total. The molecule has 1 atom stereocenters. The third-order valence-electron chi connectivity index (χ3n) is 7.09. The van der Waals surface area contributed by atoms with E-state index in [4.69, 9.17) is 9.72 Å². The molecule has 6 rings (SSSR count). The molecule has 6 aromatic rings. The van der Waals surface area contributed by atoms with Crippen LogP contribution in [-0.2, 0) is 23.3 Å². The van der Waals surface area contributed by atoms with Crippen LogP contribution in [0.4, 0.5) is 15.9 Å². The van der Waals surface area contributed by atoms with Crippen LogP contribution in [-0.4, -0.2) is 38.3 Å². The first kappa shape index (κ1) is 32.3. The van der Waals surface area contributed by atoms with Crippen molar-refractivity contribution in [2.45, 2.75) is 32.4 Å². The van der Waals surface area contributed by atoms with Crippen LogP contribution in [0.15, 0.2) is 95.3 Å². The maximum Gasteiger partial charge on any atom is 0.228 e. The van der Waals surface area contributed by atoms with Gasteiger partial charge in [-0.1, -0.05) is 25.1 Å². The van der Waals surface area contributed by atoms with E-state index in [0.29, 0.717) is 40.6 Å². The van der Waals surface area contributed by atoms with Crippen molar-refractivity contribution in [3.63, 3.8) is 0 Å². The Morgan fingerprint density at radius 2 is 1.91 bits per heavy atom. The molecule has 1 unspecified atom stereocenters. The second-order valence-corrected chi connectivity index (χ2v) is 13.0. The largest absolute Gasteiger partial charge is 0.488 e. The molecule has 0 saturated heterocycles. The number of anilines is 2. The van der Waals surface area contributed by atoms with Crippen LogP contribution in [0, 0.1) is 5.82 Å². The molecule has 0 aliphatic rings. The summed E-state index contributed by atoms with van der Waals surface area (Å²) in [6, 6.07) is 18.8. The van der Waals surface area contributed by atoms with Gasteiger partial charge in [0.25, 0.3) is 0 Å². The van der Waals surface area contributed by atoms with E-state index in [1.807, 2.05) is 42.6 Å². The Labute approximate surface area is 283 Å². The van der Waals surface area contributed by atoms with Gasteiger partial charge in [0.15, 0.2) is 0 Å². The van der Waals surface area contributed by atoms with Crippen LogP contribution >= 0.6 is 27.3 Å². The van der Waals surface area contributed by atoms with Gasteiger partial charge in [0.1, 0.15) is 40.3 Å². The number of fused-ring (bicyclic) bond motifs is 1. The normalized spacial score (nSPS) is 11.7. The van der Waals surface area contributed by atoms with Crippen LogP contribution in [0.25, 0.3) is 22.3 Å². The van der Waals surface area contributed by atoms with Gasteiger partial charge < -0.3 is 10.1 Å². The first-order valence-electron chi connectivity index (χ1n) is 14.5. The fourth-order valence-corrected chi connectivity index (χ4v) is 6.69. The molecule has 10 nitrogen and oxygen atoms in total. The summed E-state index contributed by atoms with van der Waals surface area (Å²) < 4.78 is 44.2. The molecular weight excluding hydrogens is 705 g/mol. The smallest absolute Gasteiger partial charge is 0.228 e. The lowest BCUT2D eigenvalue weighted by Gasteiger charge is -2.14. The molecule has 2 aromatic carbocycles. The SMILES string of the molecule is CCC(NC(Cc1ccccn1)=S(=O)=O)c1nc(-c2cc3c(Nc4ccc(OCc5cccc(F)c5)c(Br)c4)ncnc3cn2)cs1. The average molecular weight is 733 g/mol. The predicted molar refractivity (Wildman–Crippen MR) is 185 cm³/mol. The first-order chi connectivity index (χ1) is 22.9. The van der Waals surface area contributed by atoms with Gasteiger partial charge in [-0.05, 0) is 76.4 Å². The number of benzene rings is 2. The van der Waals surface area contributed by atoms with Gasteiger partial charge in [0.05, 0.1) is 33.6 Å². The number of aromatic nitrogens is 5. The molecule has 14 heteroatoms. The van der Waals surface area contributed by atoms with Crippen molar-refractivity contribution in [2.24, 2.45) is 0 Å². The zero-order valence-electron chi connectivity index (χ0n) is 24.9. The number of nitrogens with one attached hydrogen (secondary N) is 2. The summed E-state index contributed by atoms with van der Waals surface area (Å²) in [5.74, 6) is 0.882. The Kier molecular flexibility index (Phi) is 10.2. The Bertz CT molecular complexity index is 2170. The summed E-state index contributed by atoms with van der Waals surface area (Å²) in [5.41, 5.74) is 4.06. The summed E-state index contributed by atoms with van der Waals surface area (Å²) in [6.07, 6.45) is 5.55. The molecule has 0 saturated carbocycles. The first-order valence-corrected chi connectivity index (χ1v) is 17.2. The molecule has 238 valence electrons. The van der Waals surface area contributed by atoms with Crippen molar-refractivity contribution in [1.29, 1.82) is 0 Å². The molecule has 0 aliphatic carbocycles. The average Bonchev–Trinajstić information content (AvgIpc) is 3.57. The number of ether oxygens (including phenoxy) is 1. The zero-order valence-corrected chi connectivity index (χ0v) is 28.1. The number of pyridine rings is 2. The maximum atomic E-state index is 13.5. The standard InChI is InChI=1S/C33H27BrFN7O3S2/c1-2-26(41-31(47(43)44)14-22-8-3-4-11-36-22)33-42-29(18-46-33)27-15-24-28(16-37-27)38-19-39-32(24)40-23-9-10-30(25(34)13-23)45-17-20-6-5-7-21(35)12-20/h3-13,15-16,18-19,26,41H,2,14,17H2,1H3,(H,38,39,40). The third kappa shape index (κ3) is 8.03. The van der Waals surface area contributed by atoms with E-state index < -0.39 is 10.3 Å². The molecular formula is C33H27BrFN7O3S2. The molecule has 0 radical (unpaired) electrons. The minimum Gasteiger partial charge on any atom is -0.488 e. The topological polar surface area (TPSA) is 132 Å². The highest BCUT2D eigenvalue weighted by Gasteiger charge is 2.19. The second kappa shape index (κ2) is 14.9. The Morgan fingerprint density at radius 1 is 1.02 bits per heavy atom. The summed E-state index contributed by atoms with van der Waals surface area (Å²) in [7, 11) is -2.44. The molecule has 0 aliphatic heterocycles. The minimum atomic E-state index is -2.44. The van der Waals surface area contributed by atoms with Crippen molar-refractivity contribution in [2.75, 3.05) is 5.32 Å². The van der Waals surface area contributed by atoms with E-state index in [9.17, 15) is 12.8 Å². The van der Waals surface area contributed by atoms with Gasteiger partial charge in [-0.2, -0.15) is 8.42 Å². The summed E-state index contributed by atoms with van der Waals surface area (Å²) in [4.78, 5) is 22.7. The van der Waals surface area contributed by atoms with Crippen LogP contribution in [0.3, 0.4) is 0 Å². The monoisotopic (exact) mass is 731 g/mol. The molecule has 4 aromatic heterocycles. The Morgan fingerprint density at radius 3 is 2.68 bits per heavy atom. The number of hydrogen-bond donors (Lipinski definition) is 2. The van der Waals surface area contributed by atoms with E-state index in [1.54, 1.807) is 36.7 Å². The lowest BCUT2D eigenvalue weighted by molar-refractivity contribution is 0.303. The minimum absolute atomic E-state index is 0.154. The zero-order chi connectivity index (χ0) is 32.8. The molecule has 0 spiro atoms. The summed E-state index contributed by atoms with van der Waals surface area (Å²) >= 11 is 5.00. The van der Waals surface area contributed by atoms with Crippen LogP contribution in [0.1, 0.15) is 35.7 Å². The highest BCUT2D eigenvalue weighted by atomic mass is 79.9. The van der Waals surface area contributed by atoms with Gasteiger partial charge in [-0.3, -0.25) is 15.3 Å². The van der Waals surface area contributed by atoms with Gasteiger partial charge in [0, 0.05) is 34.8 Å². The van der Waals surface area contributed by atoms with Crippen molar-refractivity contribution >= 4 is 65.0 Å². The van der Waals surface area contributed by atoms with Gasteiger partial charge >= 0.3 is 0 Å². The van der Waals surface area contributed by atoms with Gasteiger partial charge in [0.2, 0.25) is 10.3 Å². The highest BCUT2D eigenvalue weighted by molar-refractivity contribution is 9.10. The second-order valence-electron chi connectivity index (χ2n) is 10.3. The molecule has 0 bridgehead atoms. The van der Waals surface area contributed by atoms with E-state index >= 15 is 0 Å².